The zero-order valence-corrected chi connectivity index (χ0v) is 12.9. The third-order valence-electron chi connectivity index (χ3n) is 3.39. The lowest BCUT2D eigenvalue weighted by Gasteiger charge is -2.11. The summed E-state index contributed by atoms with van der Waals surface area (Å²) in [6.07, 6.45) is -1.58. The topological polar surface area (TPSA) is 79.7 Å². The lowest BCUT2D eigenvalue weighted by atomic mass is 9.98. The highest BCUT2D eigenvalue weighted by Gasteiger charge is 2.38. The fourth-order valence-corrected chi connectivity index (χ4v) is 2.26. The van der Waals surface area contributed by atoms with Gasteiger partial charge in [0.15, 0.2) is 0 Å². The third-order valence-corrected chi connectivity index (χ3v) is 3.39. The van der Waals surface area contributed by atoms with Crippen molar-refractivity contribution in [3.8, 4) is 11.1 Å². The molecule has 1 amide bonds. The van der Waals surface area contributed by atoms with Crippen LogP contribution in [0.1, 0.15) is 15.9 Å². The minimum absolute atomic E-state index is 0.0802. The van der Waals surface area contributed by atoms with Gasteiger partial charge >= 0.3 is 12.1 Å². The molecule has 0 bridgehead atoms. The first-order valence-corrected chi connectivity index (χ1v) is 6.94. The number of pyridine rings is 1. The van der Waals surface area contributed by atoms with E-state index in [4.69, 9.17) is 14.7 Å². The predicted molar refractivity (Wildman–Crippen MR) is 80.2 cm³/mol. The monoisotopic (exact) mass is 354 g/mol. The van der Waals surface area contributed by atoms with Crippen molar-refractivity contribution in [3.63, 3.8) is 0 Å². The lowest BCUT2D eigenvalue weighted by molar-refractivity contribution is -0.192. The van der Waals surface area contributed by atoms with Crippen LogP contribution >= 0.6 is 0 Å². The SMILES string of the molecule is CON1Cc2c(cccc2-c2ccncc2)C1=O.O=C(O)C(F)(F)F. The number of aliphatic carboxylic acids is 1. The predicted octanol–water partition coefficient (Wildman–Crippen LogP) is 2.90. The first-order valence-electron chi connectivity index (χ1n) is 6.94. The van der Waals surface area contributed by atoms with Gasteiger partial charge in [0, 0.05) is 18.0 Å². The molecule has 1 aromatic heterocycles. The van der Waals surface area contributed by atoms with Crippen LogP contribution in [-0.2, 0) is 16.2 Å². The van der Waals surface area contributed by atoms with Gasteiger partial charge in [0.1, 0.15) is 0 Å². The van der Waals surface area contributed by atoms with E-state index in [1.165, 1.54) is 12.2 Å². The van der Waals surface area contributed by atoms with Crippen molar-refractivity contribution in [2.24, 2.45) is 0 Å². The second kappa shape index (κ2) is 7.31. The van der Waals surface area contributed by atoms with Gasteiger partial charge in [0.2, 0.25) is 0 Å². The zero-order valence-electron chi connectivity index (χ0n) is 12.9. The maximum atomic E-state index is 12.0. The van der Waals surface area contributed by atoms with Gasteiger partial charge in [-0.25, -0.2) is 9.86 Å². The van der Waals surface area contributed by atoms with Crippen LogP contribution in [0.3, 0.4) is 0 Å². The van der Waals surface area contributed by atoms with Crippen LogP contribution in [0, 0.1) is 0 Å². The van der Waals surface area contributed by atoms with E-state index >= 15 is 0 Å². The fourth-order valence-electron chi connectivity index (χ4n) is 2.26. The average molecular weight is 354 g/mol. The molecule has 132 valence electrons. The van der Waals surface area contributed by atoms with Crippen molar-refractivity contribution in [1.29, 1.82) is 0 Å². The summed E-state index contributed by atoms with van der Waals surface area (Å²) < 4.78 is 31.7. The number of rotatable bonds is 2. The molecule has 6 nitrogen and oxygen atoms in total. The molecule has 9 heteroatoms. The number of amides is 1. The number of carboxylic acids is 1. The van der Waals surface area contributed by atoms with Crippen molar-refractivity contribution in [3.05, 3.63) is 53.9 Å². The molecule has 1 aliphatic rings. The number of hydrogen-bond acceptors (Lipinski definition) is 4. The molecule has 0 radical (unpaired) electrons. The molecule has 0 atom stereocenters. The van der Waals surface area contributed by atoms with Crippen molar-refractivity contribution < 1.29 is 32.7 Å². The summed E-state index contributed by atoms with van der Waals surface area (Å²) in [5.41, 5.74) is 3.84. The van der Waals surface area contributed by atoms with Gasteiger partial charge in [0.05, 0.1) is 13.7 Å². The van der Waals surface area contributed by atoms with Crippen LogP contribution in [0.15, 0.2) is 42.7 Å². The normalized spacial score (nSPS) is 13.1. The molecule has 1 aromatic carbocycles. The number of halogens is 3. The summed E-state index contributed by atoms with van der Waals surface area (Å²) in [7, 11) is 1.51. The number of benzene rings is 1. The number of carbonyl (C=O) groups is 2. The molecular formula is C16H13F3N2O4. The summed E-state index contributed by atoms with van der Waals surface area (Å²) in [6.45, 7) is 0.489. The van der Waals surface area contributed by atoms with Gasteiger partial charge in [-0.1, -0.05) is 12.1 Å². The Morgan fingerprint density at radius 3 is 2.28 bits per heavy atom. The van der Waals surface area contributed by atoms with Crippen molar-refractivity contribution >= 4 is 11.9 Å². The fraction of sp³-hybridized carbons (Fsp3) is 0.188. The number of fused-ring (bicyclic) bond motifs is 1. The Morgan fingerprint density at radius 2 is 1.76 bits per heavy atom. The number of hydrogen-bond donors (Lipinski definition) is 1. The quantitative estimate of drug-likeness (QED) is 0.897. The Balaban J connectivity index is 0.000000277. The Kier molecular flexibility index (Phi) is 5.38. The van der Waals surface area contributed by atoms with Crippen molar-refractivity contribution in [2.45, 2.75) is 12.7 Å². The van der Waals surface area contributed by atoms with E-state index in [1.54, 1.807) is 12.4 Å². The second-order valence-electron chi connectivity index (χ2n) is 4.89. The molecule has 0 spiro atoms. The molecule has 3 rings (SSSR count). The van der Waals surface area contributed by atoms with E-state index < -0.39 is 12.1 Å². The smallest absolute Gasteiger partial charge is 0.475 e. The minimum atomic E-state index is -5.08. The first kappa shape index (κ1) is 18.4. The summed E-state index contributed by atoms with van der Waals surface area (Å²) in [5, 5.41) is 8.50. The Morgan fingerprint density at radius 1 is 1.20 bits per heavy atom. The minimum Gasteiger partial charge on any atom is -0.475 e. The number of hydroxylamine groups is 2. The first-order chi connectivity index (χ1) is 11.8. The molecule has 2 aromatic rings. The van der Waals surface area contributed by atoms with E-state index in [2.05, 4.69) is 4.98 Å². The van der Waals surface area contributed by atoms with E-state index in [0.29, 0.717) is 12.1 Å². The van der Waals surface area contributed by atoms with Gasteiger partial charge < -0.3 is 5.11 Å². The van der Waals surface area contributed by atoms with E-state index in [-0.39, 0.29) is 5.91 Å². The van der Waals surface area contributed by atoms with Crippen LogP contribution in [0.4, 0.5) is 13.2 Å². The number of alkyl halides is 3. The molecule has 1 aliphatic heterocycles. The van der Waals surface area contributed by atoms with Crippen molar-refractivity contribution in [1.82, 2.24) is 10.0 Å². The number of carboxylic acid groups (broad SMARTS) is 1. The summed E-state index contributed by atoms with van der Waals surface area (Å²) in [6, 6.07) is 9.62. The molecule has 0 unspecified atom stereocenters. The standard InChI is InChI=1S/C14H12N2O2.C2HF3O2/c1-18-16-9-13-11(10-5-7-15-8-6-10)3-2-4-12(13)14(16)17;3-2(4,5)1(6)7/h2-8H,9H2,1H3;(H,6,7). The van der Waals surface area contributed by atoms with E-state index in [1.807, 2.05) is 30.3 Å². The van der Waals surface area contributed by atoms with E-state index in [9.17, 15) is 18.0 Å². The van der Waals surface area contributed by atoms with Crippen molar-refractivity contribution in [2.75, 3.05) is 7.11 Å². The Labute approximate surface area is 140 Å². The highest BCUT2D eigenvalue weighted by Crippen LogP contribution is 2.32. The van der Waals surface area contributed by atoms with E-state index in [0.717, 1.165) is 16.7 Å². The Hall–Kier alpha value is -2.94. The maximum absolute atomic E-state index is 12.0. The average Bonchev–Trinajstić information content (AvgIpc) is 2.92. The van der Waals surface area contributed by atoms with Crippen LogP contribution in [-0.4, -0.2) is 40.3 Å². The summed E-state index contributed by atoms with van der Waals surface area (Å²) in [4.78, 5) is 30.0. The van der Waals surface area contributed by atoms with Crippen LogP contribution in [0.25, 0.3) is 11.1 Å². The largest absolute Gasteiger partial charge is 0.490 e. The van der Waals surface area contributed by atoms with Gasteiger partial charge in [-0.3, -0.25) is 14.6 Å². The second-order valence-corrected chi connectivity index (χ2v) is 4.89. The molecule has 0 fully saturated rings. The third kappa shape index (κ3) is 4.13. The van der Waals surface area contributed by atoms with Gasteiger partial charge in [-0.15, -0.1) is 0 Å². The highest BCUT2D eigenvalue weighted by molar-refractivity contribution is 5.99. The molecular weight excluding hydrogens is 341 g/mol. The zero-order chi connectivity index (χ0) is 18.6. The summed E-state index contributed by atoms with van der Waals surface area (Å²) >= 11 is 0. The maximum Gasteiger partial charge on any atom is 0.490 e. The van der Waals surface area contributed by atoms with Gasteiger partial charge in [-0.2, -0.15) is 13.2 Å². The molecule has 0 aliphatic carbocycles. The number of nitrogens with zero attached hydrogens (tertiary/aromatic N) is 2. The number of carbonyl (C=O) groups excluding carboxylic acids is 1. The van der Waals surface area contributed by atoms with Gasteiger partial charge in [-0.05, 0) is 34.9 Å². The van der Waals surface area contributed by atoms with Gasteiger partial charge in [0.25, 0.3) is 5.91 Å². The summed E-state index contributed by atoms with van der Waals surface area (Å²) in [5.74, 6) is -2.84. The molecule has 2 heterocycles. The Bertz CT molecular complexity index is 779. The molecule has 1 N–H and O–H groups in total. The van der Waals surface area contributed by atoms with Crippen LogP contribution in [0.5, 0.6) is 0 Å². The highest BCUT2D eigenvalue weighted by atomic mass is 19.4. The lowest BCUT2D eigenvalue weighted by Crippen LogP contribution is -2.21. The van der Waals surface area contributed by atoms with Crippen LogP contribution < -0.4 is 0 Å². The molecule has 25 heavy (non-hydrogen) atoms. The molecule has 0 saturated carbocycles. The molecule has 0 saturated heterocycles. The number of aromatic nitrogens is 1. The van der Waals surface area contributed by atoms with Crippen LogP contribution in [0.2, 0.25) is 0 Å².